The molecule has 0 amide bonds. The lowest BCUT2D eigenvalue weighted by molar-refractivity contribution is -0.143. The third kappa shape index (κ3) is 4.72. The minimum Gasteiger partial charge on any atom is -0.466 e. The first kappa shape index (κ1) is 13.1. The summed E-state index contributed by atoms with van der Waals surface area (Å²) in [6, 6.07) is 0. The van der Waals surface area contributed by atoms with Gasteiger partial charge in [-0.2, -0.15) is 0 Å². The molecular formula is C11H18N2O2S. The molecule has 0 unspecified atom stereocenters. The van der Waals surface area contributed by atoms with E-state index < -0.39 is 0 Å². The van der Waals surface area contributed by atoms with Crippen molar-refractivity contribution in [2.75, 3.05) is 13.2 Å². The third-order valence-corrected chi connectivity index (χ3v) is 3.11. The number of nitrogens with zero attached hydrogens (tertiary/aromatic N) is 1. The fourth-order valence-corrected chi connectivity index (χ4v) is 2.04. The third-order valence-electron chi connectivity index (χ3n) is 2.17. The standard InChI is InChI=1S/C11H18N2O2S/c1-3-15-11(14)5-4-6-12-7-10-9(2)13-8-16-10/h8,12H,3-7H2,1-2H3. The van der Waals surface area contributed by atoms with Crippen molar-refractivity contribution in [3.63, 3.8) is 0 Å². The molecule has 1 aromatic heterocycles. The molecule has 4 nitrogen and oxygen atoms in total. The van der Waals surface area contributed by atoms with Crippen molar-refractivity contribution in [3.8, 4) is 0 Å². The normalized spacial score (nSPS) is 10.4. The number of hydrogen-bond donors (Lipinski definition) is 1. The summed E-state index contributed by atoms with van der Waals surface area (Å²) in [6.07, 6.45) is 1.30. The van der Waals surface area contributed by atoms with Crippen LogP contribution in [0.2, 0.25) is 0 Å². The van der Waals surface area contributed by atoms with Crippen molar-refractivity contribution >= 4 is 17.3 Å². The van der Waals surface area contributed by atoms with E-state index in [0.29, 0.717) is 13.0 Å². The molecule has 1 aromatic rings. The Kier molecular flexibility index (Phi) is 6.03. The van der Waals surface area contributed by atoms with Gasteiger partial charge in [-0.15, -0.1) is 11.3 Å². The summed E-state index contributed by atoms with van der Waals surface area (Å²) in [5, 5.41) is 3.29. The summed E-state index contributed by atoms with van der Waals surface area (Å²) < 4.78 is 4.84. The Balaban J connectivity index is 2.04. The smallest absolute Gasteiger partial charge is 0.305 e. The first-order valence-corrected chi connectivity index (χ1v) is 6.37. The van der Waals surface area contributed by atoms with Gasteiger partial charge in [0.1, 0.15) is 0 Å². The van der Waals surface area contributed by atoms with Gasteiger partial charge < -0.3 is 10.1 Å². The van der Waals surface area contributed by atoms with E-state index in [1.54, 1.807) is 11.3 Å². The zero-order valence-electron chi connectivity index (χ0n) is 9.78. The molecule has 1 rings (SSSR count). The molecule has 1 N–H and O–H groups in total. The van der Waals surface area contributed by atoms with Gasteiger partial charge in [0.15, 0.2) is 0 Å². The molecule has 0 saturated heterocycles. The van der Waals surface area contributed by atoms with Crippen LogP contribution in [-0.2, 0) is 16.1 Å². The number of ether oxygens (including phenoxy) is 1. The van der Waals surface area contributed by atoms with Crippen molar-refractivity contribution in [3.05, 3.63) is 16.1 Å². The monoisotopic (exact) mass is 242 g/mol. The Morgan fingerprint density at radius 1 is 1.62 bits per heavy atom. The molecule has 0 radical (unpaired) electrons. The largest absolute Gasteiger partial charge is 0.466 e. The topological polar surface area (TPSA) is 51.2 Å². The van der Waals surface area contributed by atoms with Crippen LogP contribution in [0.1, 0.15) is 30.3 Å². The molecule has 0 bridgehead atoms. The Morgan fingerprint density at radius 2 is 2.44 bits per heavy atom. The second kappa shape index (κ2) is 7.35. The van der Waals surface area contributed by atoms with Crippen LogP contribution in [0.15, 0.2) is 5.51 Å². The lowest BCUT2D eigenvalue weighted by Crippen LogP contribution is -2.16. The second-order valence-corrected chi connectivity index (χ2v) is 4.39. The van der Waals surface area contributed by atoms with E-state index in [4.69, 9.17) is 4.74 Å². The van der Waals surface area contributed by atoms with Gasteiger partial charge in [-0.1, -0.05) is 0 Å². The molecular weight excluding hydrogens is 224 g/mol. The van der Waals surface area contributed by atoms with Crippen LogP contribution in [0.25, 0.3) is 0 Å². The van der Waals surface area contributed by atoms with E-state index in [1.165, 1.54) is 4.88 Å². The SMILES string of the molecule is CCOC(=O)CCCNCc1scnc1C. The number of carbonyl (C=O) groups is 1. The number of rotatable bonds is 7. The molecule has 16 heavy (non-hydrogen) atoms. The maximum absolute atomic E-state index is 11.0. The summed E-state index contributed by atoms with van der Waals surface area (Å²) in [7, 11) is 0. The van der Waals surface area contributed by atoms with Gasteiger partial charge in [0.25, 0.3) is 0 Å². The van der Waals surface area contributed by atoms with Gasteiger partial charge >= 0.3 is 5.97 Å². The maximum Gasteiger partial charge on any atom is 0.305 e. The molecule has 5 heteroatoms. The number of thiazole rings is 1. The highest BCUT2D eigenvalue weighted by molar-refractivity contribution is 7.09. The van der Waals surface area contributed by atoms with Crippen LogP contribution in [0.3, 0.4) is 0 Å². The Morgan fingerprint density at radius 3 is 3.06 bits per heavy atom. The molecule has 0 saturated carbocycles. The molecule has 0 atom stereocenters. The highest BCUT2D eigenvalue weighted by atomic mass is 32.1. The molecule has 90 valence electrons. The van der Waals surface area contributed by atoms with E-state index in [0.717, 1.165) is 25.2 Å². The minimum absolute atomic E-state index is 0.113. The number of aryl methyl sites for hydroxylation is 1. The number of esters is 1. The lowest BCUT2D eigenvalue weighted by atomic mass is 10.3. The number of nitrogens with one attached hydrogen (secondary N) is 1. The molecule has 1 heterocycles. The first-order valence-electron chi connectivity index (χ1n) is 5.49. The van der Waals surface area contributed by atoms with Crippen LogP contribution < -0.4 is 5.32 Å². The first-order chi connectivity index (χ1) is 7.74. The number of hydrogen-bond acceptors (Lipinski definition) is 5. The van der Waals surface area contributed by atoms with Crippen molar-refractivity contribution in [1.82, 2.24) is 10.3 Å². The van der Waals surface area contributed by atoms with Gasteiger partial charge in [0.05, 0.1) is 17.8 Å². The fraction of sp³-hybridized carbons (Fsp3) is 0.636. The van der Waals surface area contributed by atoms with E-state index in [2.05, 4.69) is 10.3 Å². The predicted molar refractivity (Wildman–Crippen MR) is 64.4 cm³/mol. The number of carbonyl (C=O) groups excluding carboxylic acids is 1. The highest BCUT2D eigenvalue weighted by Crippen LogP contribution is 2.10. The van der Waals surface area contributed by atoms with E-state index >= 15 is 0 Å². The van der Waals surface area contributed by atoms with Crippen LogP contribution in [0.4, 0.5) is 0 Å². The molecule has 0 fully saturated rings. The molecule has 0 aliphatic heterocycles. The van der Waals surface area contributed by atoms with Crippen LogP contribution in [0.5, 0.6) is 0 Å². The Hall–Kier alpha value is -0.940. The summed E-state index contributed by atoms with van der Waals surface area (Å²) in [5.74, 6) is -0.113. The Bertz CT molecular complexity index is 326. The van der Waals surface area contributed by atoms with Crippen molar-refractivity contribution < 1.29 is 9.53 Å². The Labute approximate surface area is 100 Å². The predicted octanol–water partition coefficient (Wildman–Crippen LogP) is 1.88. The van der Waals surface area contributed by atoms with Crippen LogP contribution in [-0.4, -0.2) is 24.1 Å². The van der Waals surface area contributed by atoms with Gasteiger partial charge in [0.2, 0.25) is 0 Å². The molecule has 0 spiro atoms. The average molecular weight is 242 g/mol. The molecule has 0 aliphatic rings. The van der Waals surface area contributed by atoms with Crippen molar-refractivity contribution in [1.29, 1.82) is 0 Å². The van der Waals surface area contributed by atoms with E-state index in [-0.39, 0.29) is 5.97 Å². The molecule has 0 aliphatic carbocycles. The van der Waals surface area contributed by atoms with Gasteiger partial charge in [-0.05, 0) is 26.8 Å². The molecule has 0 aromatic carbocycles. The van der Waals surface area contributed by atoms with Crippen molar-refractivity contribution in [2.24, 2.45) is 0 Å². The van der Waals surface area contributed by atoms with E-state index in [1.807, 2.05) is 19.4 Å². The summed E-state index contributed by atoms with van der Waals surface area (Å²) in [6.45, 7) is 5.96. The van der Waals surface area contributed by atoms with Gasteiger partial charge in [-0.25, -0.2) is 4.98 Å². The number of aromatic nitrogens is 1. The summed E-state index contributed by atoms with van der Waals surface area (Å²) >= 11 is 1.66. The lowest BCUT2D eigenvalue weighted by Gasteiger charge is -2.03. The van der Waals surface area contributed by atoms with Crippen LogP contribution >= 0.6 is 11.3 Å². The van der Waals surface area contributed by atoms with Crippen molar-refractivity contribution in [2.45, 2.75) is 33.2 Å². The summed E-state index contributed by atoms with van der Waals surface area (Å²) in [5.41, 5.74) is 2.94. The zero-order valence-corrected chi connectivity index (χ0v) is 10.6. The van der Waals surface area contributed by atoms with Crippen LogP contribution in [0, 0.1) is 6.92 Å². The maximum atomic E-state index is 11.0. The van der Waals surface area contributed by atoms with Gasteiger partial charge in [0, 0.05) is 17.8 Å². The van der Waals surface area contributed by atoms with Gasteiger partial charge in [-0.3, -0.25) is 4.79 Å². The second-order valence-electron chi connectivity index (χ2n) is 3.45. The minimum atomic E-state index is -0.113. The average Bonchev–Trinajstić information content (AvgIpc) is 2.64. The quantitative estimate of drug-likeness (QED) is 0.586. The zero-order chi connectivity index (χ0) is 11.8. The summed E-state index contributed by atoms with van der Waals surface area (Å²) in [4.78, 5) is 16.5. The fourth-order valence-electron chi connectivity index (χ4n) is 1.29. The van der Waals surface area contributed by atoms with E-state index in [9.17, 15) is 4.79 Å². The highest BCUT2D eigenvalue weighted by Gasteiger charge is 2.02.